The molecule has 0 saturated heterocycles. The number of fused-ring (bicyclic) bond motifs is 1. The van der Waals surface area contributed by atoms with Gasteiger partial charge in [-0.3, -0.25) is 19.2 Å². The lowest BCUT2D eigenvalue weighted by atomic mass is 9.76. The first-order valence-corrected chi connectivity index (χ1v) is 12.0. The van der Waals surface area contributed by atoms with Crippen molar-refractivity contribution in [2.45, 2.75) is 58.3 Å². The number of benzene rings is 1. The fourth-order valence-corrected chi connectivity index (χ4v) is 6.36. The average Bonchev–Trinajstić information content (AvgIpc) is 3.34. The lowest BCUT2D eigenvalue weighted by molar-refractivity contribution is -0.148. The second-order valence-corrected chi connectivity index (χ2v) is 9.92. The molecule has 4 rings (SSSR count). The van der Waals surface area contributed by atoms with Crippen LogP contribution in [0.3, 0.4) is 0 Å². The van der Waals surface area contributed by atoms with E-state index in [0.29, 0.717) is 29.7 Å². The molecule has 2 aliphatic carbocycles. The first kappa shape index (κ1) is 22.4. The van der Waals surface area contributed by atoms with Gasteiger partial charge in [0.2, 0.25) is 0 Å². The molecule has 2 atom stereocenters. The van der Waals surface area contributed by atoms with Crippen LogP contribution in [0.5, 0.6) is 0 Å². The first-order chi connectivity index (χ1) is 15.3. The first-order valence-electron chi connectivity index (χ1n) is 11.2. The summed E-state index contributed by atoms with van der Waals surface area (Å²) in [6.45, 7) is 1.48. The molecule has 2 N–H and O–H groups in total. The molecule has 0 spiro atoms. The number of nitrogens with one attached hydrogen (secondary N) is 1. The van der Waals surface area contributed by atoms with Gasteiger partial charge in [0.25, 0.3) is 5.91 Å². The highest BCUT2D eigenvalue weighted by Gasteiger charge is 2.37. The summed E-state index contributed by atoms with van der Waals surface area (Å²) in [5.74, 6) is -2.45. The quantitative estimate of drug-likeness (QED) is 0.592. The Kier molecular flexibility index (Phi) is 6.55. The number of ketones is 2. The van der Waals surface area contributed by atoms with Gasteiger partial charge >= 0.3 is 5.97 Å². The Balaban J connectivity index is 1.59. The average molecular weight is 454 g/mol. The molecule has 2 aliphatic rings. The zero-order valence-electron chi connectivity index (χ0n) is 18.1. The molecule has 1 heterocycles. The second-order valence-electron chi connectivity index (χ2n) is 8.73. The SMILES string of the molecule is CC(=O)c1cccc(NC(=O)c2c(CC(=O)C3CCCCC3C(=O)O)sc3c2CCC3)c1. The standard InChI is InChI=1S/C25H27NO5S/c1-14(27)15-6-4-7-16(12-15)26-24(29)23-19-10-5-11-21(19)32-22(23)13-20(28)17-8-2-3-9-18(17)25(30)31/h4,6-7,12,17-18H,2-3,5,8-11,13H2,1H3,(H,26,29)(H,30,31). The Bertz CT molecular complexity index is 1090. The van der Waals surface area contributed by atoms with Crippen molar-refractivity contribution in [3.05, 3.63) is 50.7 Å². The number of rotatable bonds is 7. The topological polar surface area (TPSA) is 101 Å². The Morgan fingerprint density at radius 3 is 2.53 bits per heavy atom. The molecular weight excluding hydrogens is 426 g/mol. The zero-order valence-corrected chi connectivity index (χ0v) is 18.9. The summed E-state index contributed by atoms with van der Waals surface area (Å²) in [6, 6.07) is 6.82. The number of carbonyl (C=O) groups excluding carboxylic acids is 3. The van der Waals surface area contributed by atoms with Gasteiger partial charge < -0.3 is 10.4 Å². The van der Waals surface area contributed by atoms with Crippen LogP contribution >= 0.6 is 11.3 Å². The van der Waals surface area contributed by atoms with Crippen molar-refractivity contribution in [1.29, 1.82) is 0 Å². The third kappa shape index (κ3) is 4.53. The van der Waals surface area contributed by atoms with E-state index in [1.807, 2.05) is 0 Å². The van der Waals surface area contributed by atoms with E-state index in [9.17, 15) is 24.3 Å². The van der Waals surface area contributed by atoms with Crippen LogP contribution in [0.4, 0.5) is 5.69 Å². The van der Waals surface area contributed by atoms with E-state index in [2.05, 4.69) is 5.32 Å². The summed E-state index contributed by atoms with van der Waals surface area (Å²) in [7, 11) is 0. The van der Waals surface area contributed by atoms with Gasteiger partial charge in [-0.05, 0) is 56.7 Å². The molecule has 1 fully saturated rings. The molecule has 1 saturated carbocycles. The minimum absolute atomic E-state index is 0.0790. The van der Waals surface area contributed by atoms with Crippen LogP contribution in [0.25, 0.3) is 0 Å². The predicted octanol–water partition coefficient (Wildman–Crippen LogP) is 4.69. The third-order valence-corrected chi connectivity index (χ3v) is 7.87. The Hall–Kier alpha value is -2.80. The summed E-state index contributed by atoms with van der Waals surface area (Å²) in [5, 5.41) is 12.4. The Morgan fingerprint density at radius 2 is 1.81 bits per heavy atom. The van der Waals surface area contributed by atoms with Crippen LogP contribution < -0.4 is 5.32 Å². The summed E-state index contributed by atoms with van der Waals surface area (Å²) >= 11 is 1.51. The minimum atomic E-state index is -0.903. The number of hydrogen-bond acceptors (Lipinski definition) is 5. The lowest BCUT2D eigenvalue weighted by Gasteiger charge is -2.27. The molecule has 6 nitrogen and oxygen atoms in total. The van der Waals surface area contributed by atoms with Gasteiger partial charge in [-0.2, -0.15) is 0 Å². The highest BCUT2D eigenvalue weighted by Crippen LogP contribution is 2.38. The van der Waals surface area contributed by atoms with Crippen molar-refractivity contribution < 1.29 is 24.3 Å². The number of hydrogen-bond donors (Lipinski definition) is 2. The summed E-state index contributed by atoms with van der Waals surface area (Å²) < 4.78 is 0. The summed E-state index contributed by atoms with van der Waals surface area (Å²) in [5.41, 5.74) is 2.63. The molecule has 32 heavy (non-hydrogen) atoms. The van der Waals surface area contributed by atoms with Crippen LogP contribution in [-0.4, -0.2) is 28.5 Å². The van der Waals surface area contributed by atoms with Gasteiger partial charge in [-0.15, -0.1) is 11.3 Å². The van der Waals surface area contributed by atoms with Crippen LogP contribution in [0, 0.1) is 11.8 Å². The van der Waals surface area contributed by atoms with Crippen LogP contribution in [-0.2, 0) is 28.9 Å². The minimum Gasteiger partial charge on any atom is -0.481 e. The molecule has 1 amide bonds. The molecule has 2 aromatic rings. The fourth-order valence-electron chi connectivity index (χ4n) is 4.96. The molecule has 1 aromatic carbocycles. The number of carboxylic acid groups (broad SMARTS) is 1. The summed E-state index contributed by atoms with van der Waals surface area (Å²) in [6.07, 6.45) is 5.61. The van der Waals surface area contributed by atoms with Gasteiger partial charge in [-0.1, -0.05) is 25.0 Å². The molecule has 0 aliphatic heterocycles. The van der Waals surface area contributed by atoms with Gasteiger partial charge in [0.1, 0.15) is 5.78 Å². The van der Waals surface area contributed by atoms with E-state index in [0.717, 1.165) is 47.4 Å². The summed E-state index contributed by atoms with van der Waals surface area (Å²) in [4.78, 5) is 51.6. The number of carbonyl (C=O) groups is 4. The monoisotopic (exact) mass is 453 g/mol. The Morgan fingerprint density at radius 1 is 1.06 bits per heavy atom. The van der Waals surface area contributed by atoms with Crippen LogP contribution in [0.15, 0.2) is 24.3 Å². The smallest absolute Gasteiger partial charge is 0.307 e. The molecule has 7 heteroatoms. The number of anilines is 1. The van der Waals surface area contributed by atoms with Crippen molar-refractivity contribution in [2.24, 2.45) is 11.8 Å². The molecule has 1 aromatic heterocycles. The molecule has 0 bridgehead atoms. The van der Waals surface area contributed by atoms with E-state index in [1.165, 1.54) is 18.3 Å². The molecular formula is C25H27NO5S. The maximum atomic E-state index is 13.3. The van der Waals surface area contributed by atoms with Gasteiger partial charge in [-0.25, -0.2) is 0 Å². The van der Waals surface area contributed by atoms with Crippen LogP contribution in [0.2, 0.25) is 0 Å². The fraction of sp³-hybridized carbons (Fsp3) is 0.440. The molecule has 2 unspecified atom stereocenters. The highest BCUT2D eigenvalue weighted by molar-refractivity contribution is 7.12. The number of thiophene rings is 1. The Labute approximate surface area is 191 Å². The number of aryl methyl sites for hydroxylation is 1. The van der Waals surface area contributed by atoms with Gasteiger partial charge in [0.15, 0.2) is 5.78 Å². The van der Waals surface area contributed by atoms with Gasteiger partial charge in [0.05, 0.1) is 11.5 Å². The highest BCUT2D eigenvalue weighted by atomic mass is 32.1. The van der Waals surface area contributed by atoms with Crippen molar-refractivity contribution in [2.75, 3.05) is 5.32 Å². The van der Waals surface area contributed by atoms with E-state index in [1.54, 1.807) is 24.3 Å². The predicted molar refractivity (Wildman–Crippen MR) is 123 cm³/mol. The number of carboxylic acids is 1. The lowest BCUT2D eigenvalue weighted by Crippen LogP contribution is -2.33. The van der Waals surface area contributed by atoms with Crippen molar-refractivity contribution in [3.63, 3.8) is 0 Å². The van der Waals surface area contributed by atoms with Gasteiger partial charge in [0, 0.05) is 33.3 Å². The number of Topliss-reactive ketones (excluding diaryl/α,β-unsaturated/α-hetero) is 2. The molecule has 0 radical (unpaired) electrons. The maximum Gasteiger partial charge on any atom is 0.307 e. The largest absolute Gasteiger partial charge is 0.481 e. The van der Waals surface area contributed by atoms with Crippen molar-refractivity contribution in [1.82, 2.24) is 0 Å². The normalized spacial score (nSPS) is 19.9. The maximum absolute atomic E-state index is 13.3. The van der Waals surface area contributed by atoms with E-state index in [4.69, 9.17) is 0 Å². The number of amides is 1. The van der Waals surface area contributed by atoms with E-state index < -0.39 is 17.8 Å². The zero-order chi connectivity index (χ0) is 22.8. The van der Waals surface area contributed by atoms with E-state index in [-0.39, 0.29) is 23.9 Å². The second kappa shape index (κ2) is 9.36. The van der Waals surface area contributed by atoms with Crippen molar-refractivity contribution in [3.8, 4) is 0 Å². The van der Waals surface area contributed by atoms with Crippen LogP contribution in [0.1, 0.15) is 75.1 Å². The number of aliphatic carboxylic acids is 1. The third-order valence-electron chi connectivity index (χ3n) is 6.58. The molecule has 168 valence electrons. The van der Waals surface area contributed by atoms with E-state index >= 15 is 0 Å². The van der Waals surface area contributed by atoms with Crippen molar-refractivity contribution >= 4 is 40.5 Å².